The van der Waals surface area contributed by atoms with Crippen LogP contribution in [0, 0.1) is 0 Å². The van der Waals surface area contributed by atoms with E-state index in [2.05, 4.69) is 47.4 Å². The van der Waals surface area contributed by atoms with Crippen molar-refractivity contribution in [2.24, 2.45) is 10.3 Å². The van der Waals surface area contributed by atoms with Crippen molar-refractivity contribution in [2.75, 3.05) is 11.1 Å². The van der Waals surface area contributed by atoms with Gasteiger partial charge in [0.25, 0.3) is 11.2 Å². The summed E-state index contributed by atoms with van der Waals surface area (Å²) in [5, 5.41) is 17.9. The van der Waals surface area contributed by atoms with E-state index in [-0.39, 0.29) is 53.8 Å². The first-order chi connectivity index (χ1) is 30.5. The van der Waals surface area contributed by atoms with Crippen LogP contribution in [0.3, 0.4) is 0 Å². The molecule has 0 bridgehead atoms. The van der Waals surface area contributed by atoms with Crippen molar-refractivity contribution in [2.45, 2.75) is 50.2 Å². The molecule has 0 fully saturated rings. The number of halogens is 11. The number of aromatic nitrogens is 6. The first-order valence-corrected chi connectivity index (χ1v) is 20.2. The van der Waals surface area contributed by atoms with Gasteiger partial charge in [0.2, 0.25) is 11.1 Å². The third-order valence-electron chi connectivity index (χ3n) is 9.36. The molecular weight excluding hydrogens is 976 g/mol. The minimum atomic E-state index is -4.81. The standard InChI is InChI=1S/C20H14Cl2F3N5O2.C18H12Cl2F3N5O.C2H3ClO/c1-11(31)28-16-4-12(2-3-18(16)30-10-26-9-27-30)17-8-19(32-29-17,20(23,24)25)13-5-14(21)7-15(22)6-13;19-12-4-11(5-13(20)6-12)17(18(21,22)23)7-15(27-29-17)10-1-2-16(14(24)3-10)28-9-25-8-26-28;1-2(3)4/h2-7,9-10H,8H2,1H3,(H,28,31);1-6,8-9H,7,24H2;1H3. The monoisotopic (exact) mass is 1000 g/mol. The molecule has 0 saturated heterocycles. The average molecular weight is 1000 g/mol. The summed E-state index contributed by atoms with van der Waals surface area (Å²) in [7, 11) is 0. The van der Waals surface area contributed by atoms with Gasteiger partial charge < -0.3 is 20.7 Å². The van der Waals surface area contributed by atoms with Crippen molar-refractivity contribution >= 4 is 92.0 Å². The maximum absolute atomic E-state index is 14.2. The van der Waals surface area contributed by atoms with Crippen molar-refractivity contribution in [1.82, 2.24) is 29.5 Å². The van der Waals surface area contributed by atoms with Crippen LogP contribution < -0.4 is 11.1 Å². The van der Waals surface area contributed by atoms with Crippen molar-refractivity contribution in [3.63, 3.8) is 0 Å². The Morgan fingerprint density at radius 3 is 1.43 bits per heavy atom. The van der Waals surface area contributed by atoms with Crippen LogP contribution in [0.4, 0.5) is 37.7 Å². The first kappa shape index (κ1) is 48.5. The van der Waals surface area contributed by atoms with E-state index in [1.807, 2.05) is 0 Å². The topological polar surface area (TPSA) is 177 Å². The molecule has 2 atom stereocenters. The quantitative estimate of drug-likeness (QED) is 0.0895. The number of nitrogens with one attached hydrogen (secondary N) is 1. The summed E-state index contributed by atoms with van der Waals surface area (Å²) in [6.45, 7) is 2.60. The Hall–Kier alpha value is -5.93. The zero-order valence-electron chi connectivity index (χ0n) is 33.1. The van der Waals surface area contributed by atoms with E-state index < -0.39 is 36.4 Å². The highest BCUT2D eigenvalue weighted by molar-refractivity contribution is 6.62. The summed E-state index contributed by atoms with van der Waals surface area (Å²) in [6, 6.07) is 16.7. The number of nitrogens with two attached hydrogens (primary N) is 1. The number of alkyl halides is 6. The molecule has 14 nitrogen and oxygen atoms in total. The van der Waals surface area contributed by atoms with Crippen LogP contribution in [0.5, 0.6) is 0 Å². The fourth-order valence-electron chi connectivity index (χ4n) is 6.50. The predicted octanol–water partition coefficient (Wildman–Crippen LogP) is 10.6. The molecule has 2 aromatic heterocycles. The van der Waals surface area contributed by atoms with Crippen LogP contribution in [0.2, 0.25) is 20.1 Å². The number of benzene rings is 4. The van der Waals surface area contributed by atoms with Crippen LogP contribution in [-0.4, -0.2) is 64.5 Å². The van der Waals surface area contributed by atoms with E-state index in [0.717, 1.165) is 12.1 Å². The molecule has 25 heteroatoms. The maximum atomic E-state index is 14.2. The van der Waals surface area contributed by atoms with Gasteiger partial charge in [-0.2, -0.15) is 36.5 Å². The van der Waals surface area contributed by atoms with Crippen molar-refractivity contribution < 1.29 is 45.6 Å². The van der Waals surface area contributed by atoms with Gasteiger partial charge in [0.05, 0.1) is 34.2 Å². The van der Waals surface area contributed by atoms with E-state index in [9.17, 15) is 35.9 Å². The molecule has 0 saturated carbocycles. The van der Waals surface area contributed by atoms with Gasteiger partial charge in [0, 0.05) is 69.0 Å². The highest BCUT2D eigenvalue weighted by Crippen LogP contribution is 2.51. The van der Waals surface area contributed by atoms with Gasteiger partial charge >= 0.3 is 12.4 Å². The van der Waals surface area contributed by atoms with Gasteiger partial charge in [0.15, 0.2) is 0 Å². The van der Waals surface area contributed by atoms with Gasteiger partial charge in [-0.1, -0.05) is 68.8 Å². The molecule has 4 heterocycles. The number of hydrogen-bond acceptors (Lipinski definition) is 11. The molecule has 340 valence electrons. The number of anilines is 2. The summed E-state index contributed by atoms with van der Waals surface area (Å²) in [6.07, 6.45) is -5.21. The summed E-state index contributed by atoms with van der Waals surface area (Å²) in [4.78, 5) is 38.6. The maximum Gasteiger partial charge on any atom is 0.435 e. The van der Waals surface area contributed by atoms with Crippen LogP contribution in [0.1, 0.15) is 48.9 Å². The lowest BCUT2D eigenvalue weighted by Crippen LogP contribution is -2.42. The molecule has 3 N–H and O–H groups in total. The van der Waals surface area contributed by atoms with Gasteiger partial charge in [-0.15, -0.1) is 0 Å². The SMILES string of the molecule is CC(=O)Cl.CC(=O)Nc1cc(C2=NOC(c3cc(Cl)cc(Cl)c3)(C(F)(F)F)C2)ccc1-n1cncn1.Nc1cc(C2=NOC(c3cc(Cl)cc(Cl)c3)(C(F)(F)F)C2)ccc1-n1cncn1. The van der Waals surface area contributed by atoms with Crippen molar-refractivity contribution in [3.8, 4) is 11.4 Å². The number of rotatable bonds is 7. The van der Waals surface area contributed by atoms with Crippen molar-refractivity contribution in [3.05, 3.63) is 140 Å². The van der Waals surface area contributed by atoms with Crippen LogP contribution in [0.15, 0.2) is 108 Å². The third-order valence-corrected chi connectivity index (χ3v) is 10.2. The second-order valence-corrected chi connectivity index (χ2v) is 16.2. The van der Waals surface area contributed by atoms with E-state index in [0.29, 0.717) is 33.9 Å². The molecule has 65 heavy (non-hydrogen) atoms. The Labute approximate surface area is 388 Å². The summed E-state index contributed by atoms with van der Waals surface area (Å²) < 4.78 is 87.6. The lowest BCUT2D eigenvalue weighted by molar-refractivity contribution is -0.276. The summed E-state index contributed by atoms with van der Waals surface area (Å²) >= 11 is 28.3. The molecule has 2 aliphatic heterocycles. The molecule has 0 aliphatic carbocycles. The van der Waals surface area contributed by atoms with Crippen LogP contribution in [0.25, 0.3) is 11.4 Å². The van der Waals surface area contributed by atoms with E-state index in [1.165, 1.54) is 84.9 Å². The Kier molecular flexibility index (Phi) is 14.4. The largest absolute Gasteiger partial charge is 0.435 e. The second-order valence-electron chi connectivity index (χ2n) is 13.9. The third kappa shape index (κ3) is 10.8. The number of amides is 1. The van der Waals surface area contributed by atoms with Gasteiger partial charge in [-0.05, 0) is 72.3 Å². The number of nitrogen functional groups attached to an aromatic ring is 1. The van der Waals surface area contributed by atoms with E-state index in [1.54, 1.807) is 24.3 Å². The predicted molar refractivity (Wildman–Crippen MR) is 231 cm³/mol. The summed E-state index contributed by atoms with van der Waals surface area (Å²) in [5.74, 6) is -0.369. The normalized spacial score (nSPS) is 17.9. The Bertz CT molecular complexity index is 2750. The van der Waals surface area contributed by atoms with Crippen LogP contribution in [-0.2, 0) is 30.5 Å². The highest BCUT2D eigenvalue weighted by Gasteiger charge is 2.63. The Morgan fingerprint density at radius 2 is 1.06 bits per heavy atom. The fourth-order valence-corrected chi connectivity index (χ4v) is 7.56. The number of carbonyl (C=O) groups is 2. The van der Waals surface area contributed by atoms with Gasteiger partial charge in [0.1, 0.15) is 25.3 Å². The molecule has 4 aromatic carbocycles. The molecular formula is C40H29Cl5F6N10O4. The zero-order valence-corrected chi connectivity index (χ0v) is 36.9. The molecule has 8 rings (SSSR count). The number of carbonyl (C=O) groups excluding carboxylic acids is 2. The number of oxime groups is 2. The van der Waals surface area contributed by atoms with Gasteiger partial charge in [-0.3, -0.25) is 9.59 Å². The summed E-state index contributed by atoms with van der Waals surface area (Å²) in [5.41, 5.74) is 2.58. The van der Waals surface area contributed by atoms with E-state index >= 15 is 0 Å². The molecule has 0 spiro atoms. The first-order valence-electron chi connectivity index (χ1n) is 18.3. The number of hydrogen-bond donors (Lipinski definition) is 2. The Morgan fingerprint density at radius 1 is 0.662 bits per heavy atom. The van der Waals surface area contributed by atoms with E-state index in [4.69, 9.17) is 61.8 Å². The smallest absolute Gasteiger partial charge is 0.397 e. The molecule has 6 aromatic rings. The molecule has 2 unspecified atom stereocenters. The lowest BCUT2D eigenvalue weighted by atomic mass is 9.86. The molecule has 2 aliphatic rings. The number of nitrogens with zero attached hydrogens (tertiary/aromatic N) is 8. The lowest BCUT2D eigenvalue weighted by Gasteiger charge is -2.29. The Balaban J connectivity index is 0.000000200. The molecule has 0 radical (unpaired) electrons. The highest BCUT2D eigenvalue weighted by atomic mass is 35.5. The minimum absolute atomic E-state index is 0.0372. The van der Waals surface area contributed by atoms with Crippen molar-refractivity contribution in [1.29, 1.82) is 0 Å². The van der Waals surface area contributed by atoms with Crippen LogP contribution >= 0.6 is 58.0 Å². The van der Waals surface area contributed by atoms with Gasteiger partial charge in [-0.25, -0.2) is 19.3 Å². The second kappa shape index (κ2) is 19.3. The average Bonchev–Trinajstić information content (AvgIpc) is 4.04. The minimum Gasteiger partial charge on any atom is -0.397 e. The fraction of sp³-hybridized carbons (Fsp3) is 0.200. The zero-order chi connectivity index (χ0) is 47.5. The molecule has 1 amide bonds.